The smallest absolute Gasteiger partial charge is 0.268 e. The van der Waals surface area contributed by atoms with E-state index < -0.39 is 0 Å². The summed E-state index contributed by atoms with van der Waals surface area (Å²) in [6.45, 7) is 7.60. The summed E-state index contributed by atoms with van der Waals surface area (Å²) in [5.41, 5.74) is 3.24. The molecular weight excluding hydrogens is 379 g/mol. The summed E-state index contributed by atoms with van der Waals surface area (Å²) >= 11 is 8.28. The Labute approximate surface area is 130 Å². The molecule has 5 nitrogen and oxygen atoms in total. The molecule has 0 saturated carbocycles. The van der Waals surface area contributed by atoms with Crippen LogP contribution in [0.15, 0.2) is 0 Å². The molecule has 2 aromatic rings. The number of carbonyl (C=O) groups is 1. The molecular formula is C12H14ClIN4O. The van der Waals surface area contributed by atoms with E-state index in [1.165, 1.54) is 4.68 Å². The van der Waals surface area contributed by atoms with Crippen LogP contribution in [0.25, 0.3) is 0 Å². The molecule has 0 bridgehead atoms. The third-order valence-electron chi connectivity index (χ3n) is 3.02. The van der Waals surface area contributed by atoms with Gasteiger partial charge in [0.05, 0.1) is 25.7 Å². The van der Waals surface area contributed by atoms with Gasteiger partial charge in [-0.25, -0.2) is 4.68 Å². The molecule has 19 heavy (non-hydrogen) atoms. The Balaban J connectivity index is 2.31. The van der Waals surface area contributed by atoms with Gasteiger partial charge in [0, 0.05) is 5.69 Å². The maximum absolute atomic E-state index is 12.3. The van der Waals surface area contributed by atoms with Crippen LogP contribution >= 0.6 is 34.2 Å². The number of halogens is 2. The van der Waals surface area contributed by atoms with Crippen molar-refractivity contribution in [3.8, 4) is 0 Å². The molecule has 0 aromatic carbocycles. The van der Waals surface area contributed by atoms with Crippen molar-refractivity contribution in [3.05, 3.63) is 31.4 Å². The predicted molar refractivity (Wildman–Crippen MR) is 81.8 cm³/mol. The second kappa shape index (κ2) is 5.24. The summed E-state index contributed by atoms with van der Waals surface area (Å²) in [5.74, 6) is -0.144. The van der Waals surface area contributed by atoms with Gasteiger partial charge in [-0.05, 0) is 50.3 Å². The minimum Gasteiger partial charge on any atom is -0.270 e. The van der Waals surface area contributed by atoms with Gasteiger partial charge in [0.15, 0.2) is 0 Å². The lowest BCUT2D eigenvalue weighted by Crippen LogP contribution is -2.21. The quantitative estimate of drug-likeness (QED) is 0.739. The van der Waals surface area contributed by atoms with Crippen molar-refractivity contribution in [1.82, 2.24) is 19.6 Å². The molecule has 0 unspecified atom stereocenters. The molecule has 0 N–H and O–H groups in total. The first-order chi connectivity index (χ1) is 8.82. The van der Waals surface area contributed by atoms with Crippen LogP contribution in [0.4, 0.5) is 0 Å². The van der Waals surface area contributed by atoms with Crippen molar-refractivity contribution < 1.29 is 4.79 Å². The van der Waals surface area contributed by atoms with E-state index in [0.717, 1.165) is 15.0 Å². The van der Waals surface area contributed by atoms with Crippen LogP contribution in [0.1, 0.15) is 27.6 Å². The number of aryl methyl sites for hydroxylation is 2. The van der Waals surface area contributed by atoms with E-state index in [-0.39, 0.29) is 12.5 Å². The summed E-state index contributed by atoms with van der Waals surface area (Å²) in [4.78, 5) is 12.3. The molecule has 102 valence electrons. The average Bonchev–Trinajstić information content (AvgIpc) is 2.75. The zero-order valence-electron chi connectivity index (χ0n) is 11.2. The number of carbonyl (C=O) groups excluding carboxylic acids is 1. The molecule has 2 rings (SSSR count). The second-order valence-corrected chi connectivity index (χ2v) is 5.89. The van der Waals surface area contributed by atoms with Gasteiger partial charge < -0.3 is 0 Å². The van der Waals surface area contributed by atoms with E-state index in [4.69, 9.17) is 11.6 Å². The highest BCUT2D eigenvalue weighted by molar-refractivity contribution is 14.1. The van der Waals surface area contributed by atoms with Crippen LogP contribution in [0.2, 0.25) is 5.02 Å². The highest BCUT2D eigenvalue weighted by atomic mass is 127. The Bertz CT molecular complexity index is 659. The van der Waals surface area contributed by atoms with Crippen molar-refractivity contribution in [1.29, 1.82) is 0 Å². The number of hydrogen-bond donors (Lipinski definition) is 0. The molecule has 0 aliphatic rings. The number of aromatic nitrogens is 4. The number of rotatable bonds is 2. The summed E-state index contributed by atoms with van der Waals surface area (Å²) < 4.78 is 4.13. The Hall–Kier alpha value is -0.890. The maximum atomic E-state index is 12.3. The zero-order valence-corrected chi connectivity index (χ0v) is 14.1. The SMILES string of the molecule is Cc1nn(C(=O)Cn2nc(C)c(I)c2C)c(C)c1Cl. The fraction of sp³-hybridized carbons (Fsp3) is 0.417. The predicted octanol–water partition coefficient (Wildman–Crippen LogP) is 2.91. The fourth-order valence-corrected chi connectivity index (χ4v) is 2.39. The normalized spacial score (nSPS) is 11.1. The molecule has 0 radical (unpaired) electrons. The molecule has 2 heterocycles. The van der Waals surface area contributed by atoms with Crippen molar-refractivity contribution in [2.24, 2.45) is 0 Å². The molecule has 7 heteroatoms. The molecule has 0 saturated heterocycles. The van der Waals surface area contributed by atoms with Gasteiger partial charge in [-0.3, -0.25) is 9.48 Å². The van der Waals surface area contributed by atoms with Gasteiger partial charge in [0.1, 0.15) is 6.54 Å². The van der Waals surface area contributed by atoms with Crippen molar-refractivity contribution in [2.75, 3.05) is 0 Å². The number of nitrogens with zero attached hydrogens (tertiary/aromatic N) is 4. The summed E-state index contributed by atoms with van der Waals surface area (Å²) in [7, 11) is 0. The molecule has 0 atom stereocenters. The monoisotopic (exact) mass is 392 g/mol. The van der Waals surface area contributed by atoms with Crippen LogP contribution in [0, 0.1) is 31.3 Å². The highest BCUT2D eigenvalue weighted by Gasteiger charge is 2.17. The van der Waals surface area contributed by atoms with E-state index >= 15 is 0 Å². The Kier molecular flexibility index (Phi) is 4.00. The van der Waals surface area contributed by atoms with Gasteiger partial charge in [0.2, 0.25) is 0 Å². The summed E-state index contributed by atoms with van der Waals surface area (Å²) in [5, 5.41) is 9.04. The zero-order chi connectivity index (χ0) is 14.3. The minimum atomic E-state index is -0.144. The first-order valence-electron chi connectivity index (χ1n) is 5.77. The minimum absolute atomic E-state index is 0.144. The maximum Gasteiger partial charge on any atom is 0.268 e. The van der Waals surface area contributed by atoms with E-state index in [1.54, 1.807) is 18.5 Å². The van der Waals surface area contributed by atoms with Crippen LogP contribution < -0.4 is 0 Å². The van der Waals surface area contributed by atoms with E-state index in [1.807, 2.05) is 13.8 Å². The Morgan fingerprint density at radius 2 is 1.79 bits per heavy atom. The lowest BCUT2D eigenvalue weighted by Gasteiger charge is -2.05. The van der Waals surface area contributed by atoms with Gasteiger partial charge >= 0.3 is 0 Å². The van der Waals surface area contributed by atoms with Gasteiger partial charge in [-0.15, -0.1) is 0 Å². The standard InChI is InChI=1S/C12H14ClIN4O/c1-6-11(13)8(3)18(16-6)10(19)5-17-9(4)12(14)7(2)15-17/h5H2,1-4H3. The van der Waals surface area contributed by atoms with Crippen LogP contribution in [0.5, 0.6) is 0 Å². The second-order valence-electron chi connectivity index (χ2n) is 4.43. The largest absolute Gasteiger partial charge is 0.270 e. The van der Waals surface area contributed by atoms with Crippen LogP contribution in [0.3, 0.4) is 0 Å². The average molecular weight is 393 g/mol. The van der Waals surface area contributed by atoms with Crippen molar-refractivity contribution in [2.45, 2.75) is 34.2 Å². The lowest BCUT2D eigenvalue weighted by atomic mass is 10.4. The third kappa shape index (κ3) is 2.55. The van der Waals surface area contributed by atoms with Gasteiger partial charge in [0.25, 0.3) is 5.91 Å². The summed E-state index contributed by atoms with van der Waals surface area (Å²) in [6, 6.07) is 0. The Morgan fingerprint density at radius 1 is 1.16 bits per heavy atom. The van der Waals surface area contributed by atoms with E-state index in [9.17, 15) is 4.79 Å². The molecule has 0 amide bonds. The van der Waals surface area contributed by atoms with Gasteiger partial charge in [-0.2, -0.15) is 10.2 Å². The third-order valence-corrected chi connectivity index (χ3v) is 5.13. The van der Waals surface area contributed by atoms with Crippen LogP contribution in [-0.4, -0.2) is 25.5 Å². The molecule has 0 spiro atoms. The van der Waals surface area contributed by atoms with Crippen molar-refractivity contribution >= 4 is 40.1 Å². The van der Waals surface area contributed by atoms with Crippen LogP contribution in [-0.2, 0) is 6.54 Å². The molecule has 0 fully saturated rings. The first-order valence-corrected chi connectivity index (χ1v) is 7.23. The topological polar surface area (TPSA) is 52.7 Å². The fourth-order valence-electron chi connectivity index (χ4n) is 1.89. The Morgan fingerprint density at radius 3 is 2.21 bits per heavy atom. The highest BCUT2D eigenvalue weighted by Crippen LogP contribution is 2.19. The van der Waals surface area contributed by atoms with Crippen molar-refractivity contribution in [3.63, 3.8) is 0 Å². The lowest BCUT2D eigenvalue weighted by molar-refractivity contribution is 0.0866. The molecule has 0 aliphatic heterocycles. The summed E-state index contributed by atoms with van der Waals surface area (Å²) in [6.07, 6.45) is 0. The molecule has 2 aromatic heterocycles. The number of hydrogen-bond acceptors (Lipinski definition) is 3. The van der Waals surface area contributed by atoms with E-state index in [2.05, 4.69) is 32.8 Å². The van der Waals surface area contributed by atoms with E-state index in [0.29, 0.717) is 16.4 Å². The van der Waals surface area contributed by atoms with Gasteiger partial charge in [-0.1, -0.05) is 11.6 Å². The molecule has 0 aliphatic carbocycles. The first kappa shape index (κ1) is 14.5.